The van der Waals surface area contributed by atoms with E-state index >= 15 is 0 Å². The van der Waals surface area contributed by atoms with E-state index in [0.29, 0.717) is 12.0 Å². The summed E-state index contributed by atoms with van der Waals surface area (Å²) in [7, 11) is 0. The lowest BCUT2D eigenvalue weighted by molar-refractivity contribution is 0.140. The van der Waals surface area contributed by atoms with Gasteiger partial charge in [0.15, 0.2) is 0 Å². The molecule has 1 saturated heterocycles. The fourth-order valence-electron chi connectivity index (χ4n) is 2.99. The minimum atomic E-state index is 0.475. The number of hydrogen-bond donors (Lipinski definition) is 0. The van der Waals surface area contributed by atoms with Crippen LogP contribution in [-0.4, -0.2) is 6.10 Å². The predicted molar refractivity (Wildman–Crippen MR) is 63.5 cm³/mol. The number of hydrogen-bond acceptors (Lipinski definition) is 1. The van der Waals surface area contributed by atoms with Crippen LogP contribution < -0.4 is 0 Å². The van der Waals surface area contributed by atoms with Crippen LogP contribution in [0.1, 0.15) is 47.0 Å². The van der Waals surface area contributed by atoms with Crippen molar-refractivity contribution in [3.05, 3.63) is 23.0 Å². The van der Waals surface area contributed by atoms with Crippen molar-refractivity contribution in [3.8, 4) is 0 Å². The monoisotopic (exact) mass is 206 g/mol. The SMILES string of the molecule is C/C=C1\C(=C(/C)CC)OC2CC[C@H](C)C12. The molecule has 1 aliphatic carbocycles. The first kappa shape index (κ1) is 10.8. The van der Waals surface area contributed by atoms with Crippen molar-refractivity contribution in [2.75, 3.05) is 0 Å². The molecule has 0 aromatic heterocycles. The molecule has 3 atom stereocenters. The third-order valence-electron chi connectivity index (χ3n) is 4.04. The van der Waals surface area contributed by atoms with E-state index in [0.717, 1.165) is 12.3 Å². The molecule has 2 rings (SSSR count). The largest absolute Gasteiger partial charge is 0.490 e. The molecule has 0 radical (unpaired) electrons. The smallest absolute Gasteiger partial charge is 0.121 e. The lowest BCUT2D eigenvalue weighted by Crippen LogP contribution is -2.12. The molecule has 1 nitrogen and oxygen atoms in total. The number of allylic oxidation sites excluding steroid dienone is 3. The maximum absolute atomic E-state index is 6.12. The van der Waals surface area contributed by atoms with E-state index in [9.17, 15) is 0 Å². The van der Waals surface area contributed by atoms with E-state index < -0.39 is 0 Å². The molecule has 0 bridgehead atoms. The summed E-state index contributed by atoms with van der Waals surface area (Å²) in [5, 5.41) is 0. The Balaban J connectivity index is 2.35. The fraction of sp³-hybridized carbons (Fsp3) is 0.714. The highest BCUT2D eigenvalue weighted by Gasteiger charge is 2.44. The van der Waals surface area contributed by atoms with Gasteiger partial charge in [0, 0.05) is 5.92 Å². The zero-order valence-corrected chi connectivity index (χ0v) is 10.3. The first-order chi connectivity index (χ1) is 7.19. The summed E-state index contributed by atoms with van der Waals surface area (Å²) in [5.74, 6) is 2.68. The van der Waals surface area contributed by atoms with Crippen LogP contribution in [0, 0.1) is 11.8 Å². The molecule has 0 aromatic carbocycles. The van der Waals surface area contributed by atoms with E-state index in [1.165, 1.54) is 29.7 Å². The quantitative estimate of drug-likeness (QED) is 0.628. The van der Waals surface area contributed by atoms with Crippen LogP contribution in [0.4, 0.5) is 0 Å². The molecule has 2 fully saturated rings. The molecule has 2 unspecified atom stereocenters. The molecule has 15 heavy (non-hydrogen) atoms. The lowest BCUT2D eigenvalue weighted by atomic mass is 9.88. The Morgan fingerprint density at radius 2 is 2.20 bits per heavy atom. The molecule has 84 valence electrons. The molecule has 0 N–H and O–H groups in total. The lowest BCUT2D eigenvalue weighted by Gasteiger charge is -2.12. The Kier molecular flexibility index (Phi) is 2.90. The second kappa shape index (κ2) is 4.03. The minimum absolute atomic E-state index is 0.475. The van der Waals surface area contributed by atoms with Gasteiger partial charge in [-0.2, -0.15) is 0 Å². The minimum Gasteiger partial charge on any atom is -0.490 e. The van der Waals surface area contributed by atoms with Gasteiger partial charge in [-0.15, -0.1) is 0 Å². The Morgan fingerprint density at radius 3 is 2.80 bits per heavy atom. The highest BCUT2D eigenvalue weighted by atomic mass is 16.5. The van der Waals surface area contributed by atoms with Gasteiger partial charge in [-0.25, -0.2) is 0 Å². The molecule has 1 saturated carbocycles. The highest BCUT2D eigenvalue weighted by Crippen LogP contribution is 2.48. The maximum Gasteiger partial charge on any atom is 0.121 e. The summed E-state index contributed by atoms with van der Waals surface area (Å²) in [6.07, 6.45) is 6.40. The van der Waals surface area contributed by atoms with Crippen LogP contribution >= 0.6 is 0 Å². The van der Waals surface area contributed by atoms with Gasteiger partial charge >= 0.3 is 0 Å². The molecule has 0 aromatic rings. The fourth-order valence-corrected chi connectivity index (χ4v) is 2.99. The molecule has 2 aliphatic rings. The molecule has 1 heteroatoms. The summed E-state index contributed by atoms with van der Waals surface area (Å²) in [4.78, 5) is 0. The number of rotatable bonds is 1. The first-order valence-corrected chi connectivity index (χ1v) is 6.22. The zero-order chi connectivity index (χ0) is 11.0. The van der Waals surface area contributed by atoms with Crippen LogP contribution in [0.3, 0.4) is 0 Å². The third-order valence-corrected chi connectivity index (χ3v) is 4.04. The van der Waals surface area contributed by atoms with E-state index in [2.05, 4.69) is 33.8 Å². The molecular formula is C14H22O. The normalized spacial score (nSPS) is 40.5. The van der Waals surface area contributed by atoms with E-state index in [1.807, 2.05) is 0 Å². The Labute approximate surface area is 93.2 Å². The van der Waals surface area contributed by atoms with Gasteiger partial charge in [0.05, 0.1) is 0 Å². The van der Waals surface area contributed by atoms with Gasteiger partial charge in [-0.3, -0.25) is 0 Å². The Bertz CT molecular complexity index is 311. The Morgan fingerprint density at radius 1 is 1.47 bits per heavy atom. The number of ether oxygens (including phenoxy) is 1. The number of fused-ring (bicyclic) bond motifs is 1. The zero-order valence-electron chi connectivity index (χ0n) is 10.3. The van der Waals surface area contributed by atoms with Gasteiger partial charge < -0.3 is 4.74 Å². The third kappa shape index (κ3) is 1.62. The van der Waals surface area contributed by atoms with Crippen molar-refractivity contribution in [2.24, 2.45) is 11.8 Å². The van der Waals surface area contributed by atoms with Gasteiger partial charge in [0.2, 0.25) is 0 Å². The molecule has 1 aliphatic heterocycles. The Hall–Kier alpha value is -0.720. The summed E-state index contributed by atoms with van der Waals surface area (Å²) >= 11 is 0. The molecule has 0 amide bonds. The van der Waals surface area contributed by atoms with Gasteiger partial charge in [0.25, 0.3) is 0 Å². The molecule has 1 heterocycles. The predicted octanol–water partition coefficient (Wildman–Crippen LogP) is 4.06. The average Bonchev–Trinajstić information content (AvgIpc) is 2.77. The van der Waals surface area contributed by atoms with Crippen LogP contribution in [-0.2, 0) is 4.74 Å². The van der Waals surface area contributed by atoms with Gasteiger partial charge in [0.1, 0.15) is 11.9 Å². The van der Waals surface area contributed by atoms with Crippen molar-refractivity contribution in [1.82, 2.24) is 0 Å². The van der Waals surface area contributed by atoms with Gasteiger partial charge in [-0.05, 0) is 50.2 Å². The topological polar surface area (TPSA) is 9.23 Å². The average molecular weight is 206 g/mol. The van der Waals surface area contributed by atoms with E-state index in [1.54, 1.807) is 0 Å². The van der Waals surface area contributed by atoms with E-state index in [4.69, 9.17) is 4.74 Å². The van der Waals surface area contributed by atoms with Crippen molar-refractivity contribution < 1.29 is 4.74 Å². The highest BCUT2D eigenvalue weighted by molar-refractivity contribution is 5.37. The summed E-state index contributed by atoms with van der Waals surface area (Å²) in [5.41, 5.74) is 2.88. The van der Waals surface area contributed by atoms with E-state index in [-0.39, 0.29) is 0 Å². The van der Waals surface area contributed by atoms with Crippen LogP contribution in [0.5, 0.6) is 0 Å². The van der Waals surface area contributed by atoms with Crippen molar-refractivity contribution >= 4 is 0 Å². The van der Waals surface area contributed by atoms with Crippen molar-refractivity contribution in [2.45, 2.75) is 53.1 Å². The first-order valence-electron chi connectivity index (χ1n) is 6.22. The second-order valence-electron chi connectivity index (χ2n) is 4.94. The summed E-state index contributed by atoms with van der Waals surface area (Å²) < 4.78 is 6.12. The van der Waals surface area contributed by atoms with Crippen molar-refractivity contribution in [3.63, 3.8) is 0 Å². The molecule has 0 spiro atoms. The molecular weight excluding hydrogens is 184 g/mol. The van der Waals surface area contributed by atoms with Crippen LogP contribution in [0.15, 0.2) is 23.0 Å². The second-order valence-corrected chi connectivity index (χ2v) is 4.94. The van der Waals surface area contributed by atoms with Crippen LogP contribution in [0.2, 0.25) is 0 Å². The standard InChI is InChI=1S/C14H22O/c1-5-9(3)14-11(6-2)13-10(4)7-8-12(13)15-14/h6,10,12-13H,5,7-8H2,1-4H3/b11-6-,14-9-/t10-,12?,13?/m0/s1. The van der Waals surface area contributed by atoms with Crippen molar-refractivity contribution in [1.29, 1.82) is 0 Å². The van der Waals surface area contributed by atoms with Crippen LogP contribution in [0.25, 0.3) is 0 Å². The summed E-state index contributed by atoms with van der Waals surface area (Å²) in [6, 6.07) is 0. The summed E-state index contributed by atoms with van der Waals surface area (Å²) in [6.45, 7) is 8.91. The van der Waals surface area contributed by atoms with Gasteiger partial charge in [-0.1, -0.05) is 19.9 Å². The maximum atomic E-state index is 6.12.